The van der Waals surface area contributed by atoms with Gasteiger partial charge < -0.3 is 4.74 Å². The lowest BCUT2D eigenvalue weighted by atomic mass is 9.94. The van der Waals surface area contributed by atoms with Crippen LogP contribution in [0.4, 0.5) is 0 Å². The van der Waals surface area contributed by atoms with Gasteiger partial charge in [0.2, 0.25) is 0 Å². The highest BCUT2D eigenvalue weighted by molar-refractivity contribution is 5.21. The molecule has 18 heavy (non-hydrogen) atoms. The Hall–Kier alpha value is -0.820. The van der Waals surface area contributed by atoms with Crippen molar-refractivity contribution in [2.24, 2.45) is 5.92 Å². The molecule has 1 heterocycles. The quantitative estimate of drug-likeness (QED) is 0.672. The van der Waals surface area contributed by atoms with Gasteiger partial charge in [0.1, 0.15) is 0 Å². The number of benzene rings is 1. The highest BCUT2D eigenvalue weighted by Crippen LogP contribution is 2.39. The van der Waals surface area contributed by atoms with Crippen molar-refractivity contribution < 1.29 is 4.74 Å². The lowest BCUT2D eigenvalue weighted by molar-refractivity contribution is 0.313. The van der Waals surface area contributed by atoms with Gasteiger partial charge in [-0.15, -0.1) is 0 Å². The van der Waals surface area contributed by atoms with E-state index in [9.17, 15) is 0 Å². The zero-order valence-corrected chi connectivity index (χ0v) is 12.2. The third kappa shape index (κ3) is 3.84. The summed E-state index contributed by atoms with van der Waals surface area (Å²) in [7, 11) is 0. The molecule has 1 nitrogen and oxygen atoms in total. The maximum absolute atomic E-state index is 5.63. The SMILES string of the molecule is Cc1ccc(CCC(C)CCC2OC2(C)C)cc1. The minimum atomic E-state index is 0.163. The first-order chi connectivity index (χ1) is 8.47. The Balaban J connectivity index is 1.65. The van der Waals surface area contributed by atoms with Crippen LogP contribution in [-0.2, 0) is 11.2 Å². The monoisotopic (exact) mass is 246 g/mol. The molecular weight excluding hydrogens is 220 g/mol. The molecule has 1 saturated heterocycles. The molecule has 0 amide bonds. The van der Waals surface area contributed by atoms with Crippen molar-refractivity contribution >= 4 is 0 Å². The van der Waals surface area contributed by atoms with Crippen LogP contribution in [0.1, 0.15) is 51.2 Å². The number of hydrogen-bond acceptors (Lipinski definition) is 1. The molecule has 1 aromatic rings. The second-order valence-electron chi connectivity index (χ2n) is 6.42. The molecule has 2 rings (SSSR count). The van der Waals surface area contributed by atoms with E-state index >= 15 is 0 Å². The summed E-state index contributed by atoms with van der Waals surface area (Å²) in [6.07, 6.45) is 5.52. The van der Waals surface area contributed by atoms with Crippen molar-refractivity contribution in [1.82, 2.24) is 0 Å². The molecule has 100 valence electrons. The highest BCUT2D eigenvalue weighted by Gasteiger charge is 2.46. The maximum atomic E-state index is 5.63. The Kier molecular flexibility index (Phi) is 4.11. The van der Waals surface area contributed by atoms with E-state index in [1.807, 2.05) is 0 Å². The van der Waals surface area contributed by atoms with Gasteiger partial charge in [-0.1, -0.05) is 36.8 Å². The Morgan fingerprint density at radius 1 is 1.17 bits per heavy atom. The topological polar surface area (TPSA) is 12.5 Å². The Morgan fingerprint density at radius 3 is 2.33 bits per heavy atom. The Bertz CT molecular complexity index is 377. The van der Waals surface area contributed by atoms with Crippen LogP contribution in [0.5, 0.6) is 0 Å². The molecule has 0 aliphatic carbocycles. The maximum Gasteiger partial charge on any atom is 0.0892 e. The zero-order valence-electron chi connectivity index (χ0n) is 12.2. The first kappa shape index (κ1) is 13.6. The average molecular weight is 246 g/mol. The van der Waals surface area contributed by atoms with E-state index in [0.29, 0.717) is 6.10 Å². The van der Waals surface area contributed by atoms with Crippen molar-refractivity contribution in [3.8, 4) is 0 Å². The molecule has 1 fully saturated rings. The van der Waals surface area contributed by atoms with E-state index < -0.39 is 0 Å². The average Bonchev–Trinajstić information content (AvgIpc) is 2.94. The Morgan fingerprint density at radius 2 is 1.78 bits per heavy atom. The summed E-state index contributed by atoms with van der Waals surface area (Å²) >= 11 is 0. The summed E-state index contributed by atoms with van der Waals surface area (Å²) in [5, 5.41) is 0. The van der Waals surface area contributed by atoms with Crippen LogP contribution in [0.25, 0.3) is 0 Å². The summed E-state index contributed by atoms with van der Waals surface area (Å²) in [6, 6.07) is 8.94. The molecule has 1 heteroatoms. The predicted molar refractivity (Wildman–Crippen MR) is 76.9 cm³/mol. The summed E-state index contributed by atoms with van der Waals surface area (Å²) in [5.74, 6) is 0.798. The van der Waals surface area contributed by atoms with E-state index in [4.69, 9.17) is 4.74 Å². The number of rotatable bonds is 6. The van der Waals surface area contributed by atoms with E-state index in [1.165, 1.54) is 36.8 Å². The molecule has 1 aromatic carbocycles. The highest BCUT2D eigenvalue weighted by atomic mass is 16.6. The largest absolute Gasteiger partial charge is 0.367 e. The lowest BCUT2D eigenvalue weighted by Crippen LogP contribution is -2.05. The van der Waals surface area contributed by atoms with E-state index in [1.54, 1.807) is 0 Å². The van der Waals surface area contributed by atoms with Gasteiger partial charge in [0.25, 0.3) is 0 Å². The van der Waals surface area contributed by atoms with Gasteiger partial charge in [-0.3, -0.25) is 0 Å². The molecule has 2 atom stereocenters. The van der Waals surface area contributed by atoms with E-state index in [0.717, 1.165) is 5.92 Å². The molecule has 0 N–H and O–H groups in total. The van der Waals surface area contributed by atoms with Crippen LogP contribution in [-0.4, -0.2) is 11.7 Å². The summed E-state index contributed by atoms with van der Waals surface area (Å²) in [6.45, 7) is 8.89. The molecule has 0 aromatic heterocycles. The van der Waals surface area contributed by atoms with Gasteiger partial charge in [0, 0.05) is 0 Å². The van der Waals surface area contributed by atoms with Gasteiger partial charge in [-0.05, 0) is 57.9 Å². The van der Waals surface area contributed by atoms with Crippen LogP contribution in [0.2, 0.25) is 0 Å². The number of epoxide rings is 1. The molecule has 0 radical (unpaired) electrons. The first-order valence-electron chi connectivity index (χ1n) is 7.21. The standard InChI is InChI=1S/C17H26O/c1-13-5-9-15(10-6-13)11-7-14(2)8-12-16-17(3,4)18-16/h5-6,9-10,14,16H,7-8,11-12H2,1-4H3. The molecule has 1 aliphatic rings. The second kappa shape index (κ2) is 5.44. The molecule has 0 spiro atoms. The number of ether oxygens (including phenoxy) is 1. The van der Waals surface area contributed by atoms with Crippen LogP contribution in [0, 0.1) is 12.8 Å². The first-order valence-corrected chi connectivity index (χ1v) is 7.21. The third-order valence-electron chi connectivity index (χ3n) is 4.13. The summed E-state index contributed by atoms with van der Waals surface area (Å²) < 4.78 is 5.63. The fourth-order valence-corrected chi connectivity index (χ4v) is 2.49. The summed E-state index contributed by atoms with van der Waals surface area (Å²) in [4.78, 5) is 0. The fraction of sp³-hybridized carbons (Fsp3) is 0.647. The van der Waals surface area contributed by atoms with Crippen molar-refractivity contribution in [3.63, 3.8) is 0 Å². The number of aryl methyl sites for hydroxylation is 2. The molecule has 2 unspecified atom stereocenters. The van der Waals surface area contributed by atoms with Crippen LogP contribution in [0.15, 0.2) is 24.3 Å². The van der Waals surface area contributed by atoms with Crippen LogP contribution >= 0.6 is 0 Å². The van der Waals surface area contributed by atoms with E-state index in [-0.39, 0.29) is 5.60 Å². The second-order valence-corrected chi connectivity index (χ2v) is 6.42. The van der Waals surface area contributed by atoms with Gasteiger partial charge in [-0.2, -0.15) is 0 Å². The van der Waals surface area contributed by atoms with Crippen molar-refractivity contribution in [1.29, 1.82) is 0 Å². The van der Waals surface area contributed by atoms with E-state index in [2.05, 4.69) is 52.0 Å². The smallest absolute Gasteiger partial charge is 0.0892 e. The molecule has 0 saturated carbocycles. The minimum absolute atomic E-state index is 0.163. The van der Waals surface area contributed by atoms with Gasteiger partial charge >= 0.3 is 0 Å². The van der Waals surface area contributed by atoms with Gasteiger partial charge in [0.15, 0.2) is 0 Å². The molecule has 0 bridgehead atoms. The molecular formula is C17H26O. The zero-order chi connectivity index (χ0) is 13.2. The minimum Gasteiger partial charge on any atom is -0.367 e. The van der Waals surface area contributed by atoms with Crippen LogP contribution in [0.3, 0.4) is 0 Å². The third-order valence-corrected chi connectivity index (χ3v) is 4.13. The normalized spacial score (nSPS) is 22.8. The predicted octanol–water partition coefficient (Wildman–Crippen LogP) is 4.52. The van der Waals surface area contributed by atoms with Crippen LogP contribution < -0.4 is 0 Å². The van der Waals surface area contributed by atoms with Gasteiger partial charge in [-0.25, -0.2) is 0 Å². The molecule has 1 aliphatic heterocycles. The summed E-state index contributed by atoms with van der Waals surface area (Å²) in [5.41, 5.74) is 2.98. The van der Waals surface area contributed by atoms with Gasteiger partial charge in [0.05, 0.1) is 11.7 Å². The van der Waals surface area contributed by atoms with Crippen molar-refractivity contribution in [2.45, 2.75) is 65.1 Å². The number of hydrogen-bond donors (Lipinski definition) is 0. The van der Waals surface area contributed by atoms with Crippen molar-refractivity contribution in [3.05, 3.63) is 35.4 Å². The Labute approximate surface area is 112 Å². The lowest BCUT2D eigenvalue weighted by Gasteiger charge is -2.10. The van der Waals surface area contributed by atoms with Crippen molar-refractivity contribution in [2.75, 3.05) is 0 Å². The fourth-order valence-electron chi connectivity index (χ4n) is 2.49.